The molecule has 1 aliphatic carbocycles. The monoisotopic (exact) mass is 286 g/mol. The molecule has 0 bridgehead atoms. The van der Waals surface area contributed by atoms with Gasteiger partial charge in [-0.25, -0.2) is 0 Å². The van der Waals surface area contributed by atoms with Crippen molar-refractivity contribution in [3.05, 3.63) is 51.7 Å². The Labute approximate surface area is 123 Å². The van der Waals surface area contributed by atoms with E-state index >= 15 is 0 Å². The molecular weight excluding hydrogens is 268 g/mol. The molecule has 1 heterocycles. The van der Waals surface area contributed by atoms with Crippen molar-refractivity contribution in [1.29, 1.82) is 0 Å². The molecule has 0 aliphatic heterocycles. The molecule has 0 saturated heterocycles. The zero-order valence-electron chi connectivity index (χ0n) is 11.5. The van der Waals surface area contributed by atoms with Crippen molar-refractivity contribution in [1.82, 2.24) is 4.90 Å². The second kappa shape index (κ2) is 5.29. The van der Waals surface area contributed by atoms with Crippen LogP contribution < -0.4 is 5.73 Å². The predicted molar refractivity (Wildman–Crippen MR) is 82.8 cm³/mol. The predicted octanol–water partition coefficient (Wildman–Crippen LogP) is 3.44. The molecule has 20 heavy (non-hydrogen) atoms. The number of carbonyl (C=O) groups is 1. The highest BCUT2D eigenvalue weighted by Crippen LogP contribution is 2.31. The van der Waals surface area contributed by atoms with Gasteiger partial charge in [-0.15, -0.1) is 11.3 Å². The number of thiophene rings is 1. The van der Waals surface area contributed by atoms with E-state index in [-0.39, 0.29) is 5.91 Å². The van der Waals surface area contributed by atoms with Crippen molar-refractivity contribution in [2.45, 2.75) is 32.4 Å². The van der Waals surface area contributed by atoms with Crippen LogP contribution in [0.5, 0.6) is 0 Å². The normalized spacial score (nSPS) is 14.2. The van der Waals surface area contributed by atoms with Gasteiger partial charge in [-0.1, -0.05) is 12.1 Å². The Balaban J connectivity index is 1.81. The Hall–Kier alpha value is -1.81. The molecule has 0 unspecified atom stereocenters. The molecule has 0 radical (unpaired) electrons. The molecule has 104 valence electrons. The molecule has 2 aromatic rings. The average Bonchev–Trinajstić information content (AvgIpc) is 3.19. The van der Waals surface area contributed by atoms with Gasteiger partial charge in [-0.05, 0) is 54.5 Å². The van der Waals surface area contributed by atoms with Crippen molar-refractivity contribution in [2.75, 3.05) is 5.73 Å². The number of nitrogen functional groups attached to an aromatic ring is 1. The van der Waals surface area contributed by atoms with E-state index in [1.54, 1.807) is 0 Å². The first kappa shape index (κ1) is 13.2. The molecule has 1 fully saturated rings. The first-order chi connectivity index (χ1) is 9.65. The van der Waals surface area contributed by atoms with Crippen molar-refractivity contribution in [3.63, 3.8) is 0 Å². The van der Waals surface area contributed by atoms with Gasteiger partial charge in [-0.2, -0.15) is 0 Å². The van der Waals surface area contributed by atoms with Crippen molar-refractivity contribution in [3.8, 4) is 0 Å². The topological polar surface area (TPSA) is 46.3 Å². The van der Waals surface area contributed by atoms with E-state index in [4.69, 9.17) is 5.73 Å². The number of hydrogen-bond acceptors (Lipinski definition) is 3. The van der Waals surface area contributed by atoms with Crippen LogP contribution in [-0.2, 0) is 6.54 Å². The number of nitrogens with two attached hydrogens (primary N) is 1. The summed E-state index contributed by atoms with van der Waals surface area (Å²) < 4.78 is 0. The molecular formula is C16H18N2OS. The van der Waals surface area contributed by atoms with Crippen molar-refractivity contribution < 1.29 is 4.79 Å². The van der Waals surface area contributed by atoms with Gasteiger partial charge in [0.05, 0.1) is 4.88 Å². The summed E-state index contributed by atoms with van der Waals surface area (Å²) in [5.41, 5.74) is 8.67. The van der Waals surface area contributed by atoms with Crippen molar-refractivity contribution >= 4 is 22.9 Å². The number of carbonyl (C=O) groups excluding carboxylic acids is 1. The second-order valence-corrected chi connectivity index (χ2v) is 6.25. The lowest BCUT2D eigenvalue weighted by Crippen LogP contribution is -2.32. The zero-order valence-corrected chi connectivity index (χ0v) is 12.3. The summed E-state index contributed by atoms with van der Waals surface area (Å²) in [4.78, 5) is 15.6. The number of rotatable bonds is 4. The van der Waals surface area contributed by atoms with E-state index in [0.29, 0.717) is 12.6 Å². The quantitative estimate of drug-likeness (QED) is 0.875. The van der Waals surface area contributed by atoms with Crippen LogP contribution in [0.1, 0.15) is 33.6 Å². The fourth-order valence-corrected chi connectivity index (χ4v) is 3.18. The smallest absolute Gasteiger partial charge is 0.264 e. The standard InChI is InChI=1S/C16H18N2OS/c1-11-8-9-20-15(11)16(19)18(14-6-7-14)10-12-2-4-13(17)5-3-12/h2-5,8-9,14H,6-7,10,17H2,1H3. The maximum atomic E-state index is 12.7. The lowest BCUT2D eigenvalue weighted by atomic mass is 10.2. The van der Waals surface area contributed by atoms with E-state index in [9.17, 15) is 4.79 Å². The summed E-state index contributed by atoms with van der Waals surface area (Å²) in [6.45, 7) is 2.67. The van der Waals surface area contributed by atoms with E-state index in [0.717, 1.165) is 34.5 Å². The molecule has 4 heteroatoms. The highest BCUT2D eigenvalue weighted by Gasteiger charge is 2.33. The van der Waals surface area contributed by atoms with Gasteiger partial charge in [0.15, 0.2) is 0 Å². The summed E-state index contributed by atoms with van der Waals surface area (Å²) in [6, 6.07) is 10.2. The largest absolute Gasteiger partial charge is 0.399 e. The summed E-state index contributed by atoms with van der Waals surface area (Å²) >= 11 is 1.53. The first-order valence-corrected chi connectivity index (χ1v) is 7.72. The van der Waals surface area contributed by atoms with Crippen LogP contribution in [0, 0.1) is 6.92 Å². The van der Waals surface area contributed by atoms with E-state index in [1.165, 1.54) is 11.3 Å². The molecule has 1 aromatic carbocycles. The fourth-order valence-electron chi connectivity index (χ4n) is 2.29. The summed E-state index contributed by atoms with van der Waals surface area (Å²) in [5, 5.41) is 1.98. The van der Waals surface area contributed by atoms with Crippen molar-refractivity contribution in [2.24, 2.45) is 0 Å². The second-order valence-electron chi connectivity index (χ2n) is 5.34. The zero-order chi connectivity index (χ0) is 14.1. The summed E-state index contributed by atoms with van der Waals surface area (Å²) in [5.74, 6) is 0.164. The van der Waals surface area contributed by atoms with Gasteiger partial charge >= 0.3 is 0 Å². The average molecular weight is 286 g/mol. The van der Waals surface area contributed by atoms with Gasteiger partial charge in [0, 0.05) is 18.3 Å². The highest BCUT2D eigenvalue weighted by atomic mass is 32.1. The number of anilines is 1. The maximum absolute atomic E-state index is 12.7. The minimum atomic E-state index is 0.164. The summed E-state index contributed by atoms with van der Waals surface area (Å²) in [6.07, 6.45) is 2.23. The lowest BCUT2D eigenvalue weighted by Gasteiger charge is -2.22. The van der Waals surface area contributed by atoms with Crippen LogP contribution in [0.25, 0.3) is 0 Å². The summed E-state index contributed by atoms with van der Waals surface area (Å²) in [7, 11) is 0. The highest BCUT2D eigenvalue weighted by molar-refractivity contribution is 7.12. The SMILES string of the molecule is Cc1ccsc1C(=O)N(Cc1ccc(N)cc1)C1CC1. The van der Waals surface area contributed by atoms with Crippen LogP contribution in [0.3, 0.4) is 0 Å². The number of nitrogens with zero attached hydrogens (tertiary/aromatic N) is 1. The maximum Gasteiger partial charge on any atom is 0.264 e. The lowest BCUT2D eigenvalue weighted by molar-refractivity contribution is 0.0734. The number of hydrogen-bond donors (Lipinski definition) is 1. The third kappa shape index (κ3) is 2.70. The molecule has 3 rings (SSSR count). The third-order valence-electron chi connectivity index (χ3n) is 3.64. The number of aryl methyl sites for hydroxylation is 1. The van der Waals surface area contributed by atoms with Gasteiger partial charge in [0.2, 0.25) is 0 Å². The molecule has 1 aliphatic rings. The first-order valence-electron chi connectivity index (χ1n) is 6.84. The van der Waals surface area contributed by atoms with E-state index < -0.39 is 0 Å². The number of amides is 1. The Kier molecular flexibility index (Phi) is 3.49. The van der Waals surface area contributed by atoms with E-state index in [2.05, 4.69) is 0 Å². The Morgan fingerprint density at radius 1 is 1.30 bits per heavy atom. The number of benzene rings is 1. The van der Waals surface area contributed by atoms with Gasteiger partial charge in [0.1, 0.15) is 0 Å². The van der Waals surface area contributed by atoms with Crippen LogP contribution in [0.2, 0.25) is 0 Å². The molecule has 0 atom stereocenters. The van der Waals surface area contributed by atoms with Crippen LogP contribution in [0.4, 0.5) is 5.69 Å². The fraction of sp³-hybridized carbons (Fsp3) is 0.312. The minimum absolute atomic E-state index is 0.164. The van der Waals surface area contributed by atoms with Gasteiger partial charge in [0.25, 0.3) is 5.91 Å². The van der Waals surface area contributed by atoms with Gasteiger partial charge < -0.3 is 10.6 Å². The van der Waals surface area contributed by atoms with Gasteiger partial charge in [-0.3, -0.25) is 4.79 Å². The molecule has 1 aromatic heterocycles. The molecule has 1 amide bonds. The Morgan fingerprint density at radius 2 is 2.00 bits per heavy atom. The molecule has 1 saturated carbocycles. The van der Waals surface area contributed by atoms with Crippen LogP contribution in [0.15, 0.2) is 35.7 Å². The van der Waals surface area contributed by atoms with E-state index in [1.807, 2.05) is 47.5 Å². The molecule has 2 N–H and O–H groups in total. The Morgan fingerprint density at radius 3 is 2.55 bits per heavy atom. The molecule has 0 spiro atoms. The Bertz CT molecular complexity index is 614. The molecule has 3 nitrogen and oxygen atoms in total. The minimum Gasteiger partial charge on any atom is -0.399 e. The third-order valence-corrected chi connectivity index (χ3v) is 4.64. The van der Waals surface area contributed by atoms with Crippen LogP contribution in [-0.4, -0.2) is 16.8 Å². The van der Waals surface area contributed by atoms with Crippen LogP contribution >= 0.6 is 11.3 Å².